The van der Waals surface area contributed by atoms with E-state index >= 15 is 0 Å². The second kappa shape index (κ2) is 5.66. The van der Waals surface area contributed by atoms with Crippen molar-refractivity contribution in [2.75, 3.05) is 11.4 Å². The van der Waals surface area contributed by atoms with Gasteiger partial charge < -0.3 is 5.11 Å². The molecule has 0 spiro atoms. The number of rotatable bonds is 3. The molecule has 0 bridgehead atoms. The van der Waals surface area contributed by atoms with Crippen molar-refractivity contribution >= 4 is 34.1 Å². The molecule has 108 valence electrons. The van der Waals surface area contributed by atoms with E-state index in [1.807, 2.05) is 0 Å². The predicted octanol–water partition coefficient (Wildman–Crippen LogP) is 2.09. The molecule has 0 saturated carbocycles. The van der Waals surface area contributed by atoms with Gasteiger partial charge in [-0.3, -0.25) is 4.31 Å². The highest BCUT2D eigenvalue weighted by atomic mass is 35.5. The van der Waals surface area contributed by atoms with Crippen LogP contribution in [0.3, 0.4) is 0 Å². The molecular formula is C9H9ClF3NO4S. The highest BCUT2D eigenvalue weighted by Crippen LogP contribution is 2.29. The van der Waals surface area contributed by atoms with Crippen LogP contribution in [-0.4, -0.2) is 32.0 Å². The summed E-state index contributed by atoms with van der Waals surface area (Å²) in [7, 11) is -4.83. The fraction of sp³-hybridized carbons (Fsp3) is 0.222. The first-order valence-corrected chi connectivity index (χ1v) is 5.90. The Morgan fingerprint density at radius 2 is 1.84 bits per heavy atom. The minimum Gasteiger partial charge on any atom is -0.478 e. The van der Waals surface area contributed by atoms with Gasteiger partial charge in [0.15, 0.2) is 0 Å². The van der Waals surface area contributed by atoms with E-state index < -0.39 is 21.5 Å². The molecule has 0 aliphatic heterocycles. The summed E-state index contributed by atoms with van der Waals surface area (Å²) < 4.78 is 59.0. The van der Waals surface area contributed by atoms with E-state index in [0.717, 1.165) is 24.3 Å². The first kappa shape index (κ1) is 17.5. The van der Waals surface area contributed by atoms with Crippen molar-refractivity contribution in [2.24, 2.45) is 0 Å². The maximum atomic E-state index is 12.3. The highest BCUT2D eigenvalue weighted by molar-refractivity contribution is 7.93. The van der Waals surface area contributed by atoms with Crippen LogP contribution in [0.2, 0.25) is 0 Å². The van der Waals surface area contributed by atoms with Gasteiger partial charge in [-0.1, -0.05) is 6.07 Å². The van der Waals surface area contributed by atoms with Gasteiger partial charge in [0.2, 0.25) is 0 Å². The summed E-state index contributed by atoms with van der Waals surface area (Å²) >= 11 is 0. The largest absolute Gasteiger partial charge is 0.516 e. The molecule has 5 nitrogen and oxygen atoms in total. The molecule has 1 aromatic carbocycles. The van der Waals surface area contributed by atoms with E-state index in [0.29, 0.717) is 7.05 Å². The predicted molar refractivity (Wildman–Crippen MR) is 64.0 cm³/mol. The van der Waals surface area contributed by atoms with Gasteiger partial charge in [0.25, 0.3) is 0 Å². The lowest BCUT2D eigenvalue weighted by atomic mass is 10.2. The van der Waals surface area contributed by atoms with Gasteiger partial charge in [-0.2, -0.15) is 21.6 Å². The number of halogens is 4. The van der Waals surface area contributed by atoms with Crippen LogP contribution in [0.5, 0.6) is 0 Å². The molecule has 0 saturated heterocycles. The Morgan fingerprint density at radius 1 is 1.32 bits per heavy atom. The number of anilines is 1. The number of carbonyl (C=O) groups is 1. The molecule has 1 aromatic rings. The number of nitrogens with zero attached hydrogens (tertiary/aromatic N) is 1. The van der Waals surface area contributed by atoms with Crippen LogP contribution in [0.1, 0.15) is 10.4 Å². The monoisotopic (exact) mass is 319 g/mol. The topological polar surface area (TPSA) is 74.7 Å². The quantitative estimate of drug-likeness (QED) is 0.925. The summed E-state index contributed by atoms with van der Waals surface area (Å²) in [4.78, 5) is 10.6. The number of carboxylic acid groups (broad SMARTS) is 1. The summed E-state index contributed by atoms with van der Waals surface area (Å²) in [5, 5.41) is 8.66. The third-order valence-electron chi connectivity index (χ3n) is 2.11. The van der Waals surface area contributed by atoms with E-state index in [9.17, 15) is 26.4 Å². The first-order chi connectivity index (χ1) is 8.07. The van der Waals surface area contributed by atoms with Crippen molar-refractivity contribution in [3.05, 3.63) is 29.8 Å². The van der Waals surface area contributed by atoms with Crippen molar-refractivity contribution < 1.29 is 31.5 Å². The standard InChI is InChI=1S/C9H8F3NO4S.ClH/c1-13(18(16,17)9(10,11)12)7-4-2-3-6(5-7)8(14)15;/h2-5H,1H3,(H,14,15);1H. The average Bonchev–Trinajstić information content (AvgIpc) is 2.26. The lowest BCUT2D eigenvalue weighted by molar-refractivity contribution is -0.0437. The van der Waals surface area contributed by atoms with Gasteiger partial charge in [0.05, 0.1) is 11.3 Å². The molecular weight excluding hydrogens is 311 g/mol. The summed E-state index contributed by atoms with van der Waals surface area (Å²) in [5.74, 6) is -1.37. The summed E-state index contributed by atoms with van der Waals surface area (Å²) in [6.07, 6.45) is 0. The smallest absolute Gasteiger partial charge is 0.478 e. The molecule has 10 heteroatoms. The van der Waals surface area contributed by atoms with Crippen LogP contribution in [0.4, 0.5) is 18.9 Å². The van der Waals surface area contributed by atoms with Gasteiger partial charge in [-0.25, -0.2) is 4.79 Å². The van der Waals surface area contributed by atoms with Crippen LogP contribution >= 0.6 is 12.4 Å². The molecule has 0 aliphatic carbocycles. The van der Waals surface area contributed by atoms with Gasteiger partial charge in [-0.15, -0.1) is 12.4 Å². The second-order valence-electron chi connectivity index (χ2n) is 3.27. The van der Waals surface area contributed by atoms with Crippen molar-refractivity contribution in [1.29, 1.82) is 0 Å². The normalized spacial score (nSPS) is 11.6. The molecule has 0 radical (unpaired) electrons. The molecule has 0 amide bonds. The Kier molecular flexibility index (Phi) is 5.22. The van der Waals surface area contributed by atoms with E-state index in [1.165, 1.54) is 0 Å². The zero-order chi connectivity index (χ0) is 14.1. The van der Waals surface area contributed by atoms with Crippen molar-refractivity contribution in [2.45, 2.75) is 5.51 Å². The van der Waals surface area contributed by atoms with Crippen molar-refractivity contribution in [3.8, 4) is 0 Å². The maximum Gasteiger partial charge on any atom is 0.516 e. The van der Waals surface area contributed by atoms with E-state index in [4.69, 9.17) is 5.11 Å². The summed E-state index contributed by atoms with van der Waals surface area (Å²) in [6.45, 7) is 0. The fourth-order valence-electron chi connectivity index (χ4n) is 1.13. The van der Waals surface area contributed by atoms with Crippen molar-refractivity contribution in [1.82, 2.24) is 0 Å². The Labute approximate surface area is 113 Å². The molecule has 0 fully saturated rings. The molecule has 0 unspecified atom stereocenters. The summed E-state index contributed by atoms with van der Waals surface area (Å²) in [6, 6.07) is 4.20. The molecule has 0 heterocycles. The number of carboxylic acids is 1. The van der Waals surface area contributed by atoms with Gasteiger partial charge >= 0.3 is 21.5 Å². The van der Waals surface area contributed by atoms with E-state index in [2.05, 4.69) is 0 Å². The van der Waals surface area contributed by atoms with Gasteiger partial charge in [0, 0.05) is 7.05 Å². The highest BCUT2D eigenvalue weighted by Gasteiger charge is 2.49. The Morgan fingerprint density at radius 3 is 2.26 bits per heavy atom. The molecule has 19 heavy (non-hydrogen) atoms. The Bertz CT molecular complexity index is 573. The lowest BCUT2D eigenvalue weighted by Gasteiger charge is -2.20. The number of alkyl halides is 3. The third kappa shape index (κ3) is 3.51. The van der Waals surface area contributed by atoms with Crippen molar-refractivity contribution in [3.63, 3.8) is 0 Å². The van der Waals surface area contributed by atoms with Crippen LogP contribution in [0, 0.1) is 0 Å². The van der Waals surface area contributed by atoms with E-state index in [-0.39, 0.29) is 28.0 Å². The van der Waals surface area contributed by atoms with Crippen LogP contribution in [0.25, 0.3) is 0 Å². The maximum absolute atomic E-state index is 12.3. The number of hydrogen-bond acceptors (Lipinski definition) is 3. The number of benzene rings is 1. The average molecular weight is 320 g/mol. The second-order valence-corrected chi connectivity index (χ2v) is 5.23. The van der Waals surface area contributed by atoms with Crippen LogP contribution in [0.15, 0.2) is 24.3 Å². The zero-order valence-corrected chi connectivity index (χ0v) is 11.0. The molecule has 1 N–H and O–H groups in total. The van der Waals surface area contributed by atoms with Gasteiger partial charge in [-0.05, 0) is 18.2 Å². The van der Waals surface area contributed by atoms with Crippen LogP contribution in [-0.2, 0) is 10.0 Å². The Balaban J connectivity index is 0.00000324. The Hall–Kier alpha value is -1.48. The minimum atomic E-state index is -5.53. The third-order valence-corrected chi connectivity index (χ3v) is 3.63. The number of aromatic carboxylic acids is 1. The number of hydrogen-bond donors (Lipinski definition) is 1. The van der Waals surface area contributed by atoms with E-state index in [1.54, 1.807) is 0 Å². The number of sulfonamides is 1. The molecule has 0 atom stereocenters. The van der Waals surface area contributed by atoms with Crippen LogP contribution < -0.4 is 4.31 Å². The first-order valence-electron chi connectivity index (χ1n) is 4.46. The molecule has 0 aliphatic rings. The van der Waals surface area contributed by atoms with Gasteiger partial charge in [0.1, 0.15) is 0 Å². The molecule has 1 rings (SSSR count). The SMILES string of the molecule is CN(c1cccc(C(=O)O)c1)S(=O)(=O)C(F)(F)F.Cl. The summed E-state index contributed by atoms with van der Waals surface area (Å²) in [5.41, 5.74) is -6.13. The lowest BCUT2D eigenvalue weighted by Crippen LogP contribution is -2.38. The minimum absolute atomic E-state index is 0. The molecule has 0 aromatic heterocycles. The fourth-order valence-corrected chi connectivity index (χ4v) is 1.83. The zero-order valence-electron chi connectivity index (χ0n) is 9.38.